The number of carbonyl (C=O) groups excluding carboxylic acids is 2. The number of hydrogen-bond donors (Lipinski definition) is 0. The van der Waals surface area contributed by atoms with E-state index in [9.17, 15) is 19.7 Å². The number of allylic oxidation sites excluding steroid dienone is 1. The minimum atomic E-state index is -0.597. The lowest BCUT2D eigenvalue weighted by atomic mass is 9.97. The number of carbonyl (C=O) groups is 2. The number of amidine groups is 1. The molecule has 0 fully saturated rings. The van der Waals surface area contributed by atoms with Crippen molar-refractivity contribution in [2.24, 2.45) is 10.9 Å². The molecular formula is C18H19N4O4S+. The molecular weight excluding hydrogens is 368 g/mol. The standard InChI is InChI=1S/C18H19N4O4S/c1-4-12-9-19-16-14(17(23)21(3)18(24)20(16)2)15(12)27-10-11-5-7-13(8-6-11)22(25)26/h5-9,14H,4,10H2,1-3H3/q+1. The van der Waals surface area contributed by atoms with Crippen molar-refractivity contribution in [1.29, 1.82) is 0 Å². The molecule has 0 saturated heterocycles. The van der Waals surface area contributed by atoms with Crippen LogP contribution < -0.4 is 0 Å². The molecule has 9 heteroatoms. The number of thioether (sulfide) groups is 1. The van der Waals surface area contributed by atoms with E-state index in [0.29, 0.717) is 18.0 Å². The molecule has 2 heterocycles. The highest BCUT2D eigenvalue weighted by molar-refractivity contribution is 8.02. The molecule has 0 radical (unpaired) electrons. The Morgan fingerprint density at radius 3 is 2.56 bits per heavy atom. The first kappa shape index (κ1) is 19.0. The molecule has 0 N–H and O–H groups in total. The number of benzene rings is 1. The molecule has 2 aliphatic heterocycles. The van der Waals surface area contributed by atoms with Crippen LogP contribution in [0.5, 0.6) is 0 Å². The third kappa shape index (κ3) is 3.42. The minimum absolute atomic E-state index is 0.0434. The molecule has 140 valence electrons. The van der Waals surface area contributed by atoms with E-state index in [2.05, 4.69) is 4.99 Å². The van der Waals surface area contributed by atoms with Crippen molar-refractivity contribution < 1.29 is 19.1 Å². The van der Waals surface area contributed by atoms with Gasteiger partial charge in [-0.05, 0) is 17.6 Å². The monoisotopic (exact) mass is 387 g/mol. The number of nitro groups is 1. The van der Waals surface area contributed by atoms with E-state index in [4.69, 9.17) is 0 Å². The summed E-state index contributed by atoms with van der Waals surface area (Å²) in [6, 6.07) is 5.96. The SMILES string of the molecule is CCC1=C(SCc2ccc([N+](=O)[O-])cc2)C2C(=O)N(C)C(=O)[N+](C)=C2N=C1. The Kier molecular flexibility index (Phi) is 5.22. The predicted octanol–water partition coefficient (Wildman–Crippen LogP) is 2.83. The average Bonchev–Trinajstić information content (AvgIpc) is 2.68. The molecule has 0 saturated carbocycles. The van der Waals surface area contributed by atoms with E-state index < -0.39 is 16.9 Å². The fourth-order valence-electron chi connectivity index (χ4n) is 3.02. The van der Waals surface area contributed by atoms with Crippen molar-refractivity contribution in [2.45, 2.75) is 19.1 Å². The zero-order valence-corrected chi connectivity index (χ0v) is 16.0. The van der Waals surface area contributed by atoms with Gasteiger partial charge in [-0.3, -0.25) is 14.9 Å². The second kappa shape index (κ2) is 7.43. The molecule has 3 rings (SSSR count). The summed E-state index contributed by atoms with van der Waals surface area (Å²) in [6.07, 6.45) is 2.43. The highest BCUT2D eigenvalue weighted by Crippen LogP contribution is 2.37. The Morgan fingerprint density at radius 1 is 1.30 bits per heavy atom. The molecule has 0 bridgehead atoms. The summed E-state index contributed by atoms with van der Waals surface area (Å²) in [5, 5.41) is 10.8. The van der Waals surface area contributed by atoms with Gasteiger partial charge >= 0.3 is 11.9 Å². The lowest BCUT2D eigenvalue weighted by Gasteiger charge is -2.28. The van der Waals surface area contributed by atoms with E-state index in [1.54, 1.807) is 25.4 Å². The molecule has 2 aliphatic rings. The maximum atomic E-state index is 12.8. The molecule has 8 nitrogen and oxygen atoms in total. The zero-order valence-electron chi connectivity index (χ0n) is 15.2. The van der Waals surface area contributed by atoms with Gasteiger partial charge in [-0.15, -0.1) is 16.8 Å². The summed E-state index contributed by atoms with van der Waals surface area (Å²) in [5.41, 5.74) is 1.92. The van der Waals surface area contributed by atoms with E-state index in [-0.39, 0.29) is 11.6 Å². The highest BCUT2D eigenvalue weighted by Gasteiger charge is 2.48. The Bertz CT molecular complexity index is 918. The quantitative estimate of drug-likeness (QED) is 0.440. The van der Waals surface area contributed by atoms with E-state index >= 15 is 0 Å². The van der Waals surface area contributed by atoms with E-state index in [1.165, 1.54) is 35.5 Å². The third-order valence-electron chi connectivity index (χ3n) is 4.61. The summed E-state index contributed by atoms with van der Waals surface area (Å²) in [5.74, 6) is 0.109. The Morgan fingerprint density at radius 2 is 1.96 bits per heavy atom. The zero-order chi connectivity index (χ0) is 19.7. The lowest BCUT2D eigenvalue weighted by Crippen LogP contribution is -2.52. The normalized spacial score (nSPS) is 19.7. The average molecular weight is 387 g/mol. The number of nitrogens with zero attached hydrogens (tertiary/aromatic N) is 4. The smallest absolute Gasteiger partial charge is 0.258 e. The maximum Gasteiger partial charge on any atom is 0.445 e. The fraction of sp³-hybridized carbons (Fsp3) is 0.333. The number of aliphatic imine (C=N–C) groups is 1. The van der Waals surface area contributed by atoms with Gasteiger partial charge in [-0.2, -0.15) is 9.48 Å². The molecule has 3 amide bonds. The van der Waals surface area contributed by atoms with Crippen LogP contribution in [0.1, 0.15) is 18.9 Å². The van der Waals surface area contributed by atoms with Gasteiger partial charge in [0, 0.05) is 22.8 Å². The molecule has 1 aromatic rings. The van der Waals surface area contributed by atoms with Gasteiger partial charge in [0.1, 0.15) is 6.21 Å². The number of urea groups is 1. The second-order valence-corrected chi connectivity index (χ2v) is 7.26. The predicted molar refractivity (Wildman–Crippen MR) is 103 cm³/mol. The first-order valence-corrected chi connectivity index (χ1v) is 9.39. The summed E-state index contributed by atoms with van der Waals surface area (Å²) < 4.78 is 1.40. The van der Waals surface area contributed by atoms with Crippen LogP contribution in [0.3, 0.4) is 0 Å². The number of amides is 3. The van der Waals surface area contributed by atoms with Crippen molar-refractivity contribution in [3.8, 4) is 0 Å². The first-order valence-electron chi connectivity index (χ1n) is 8.40. The number of nitro benzene ring substituents is 1. The van der Waals surface area contributed by atoms with Crippen LogP contribution in [0.25, 0.3) is 0 Å². The van der Waals surface area contributed by atoms with Crippen molar-refractivity contribution in [3.05, 3.63) is 50.4 Å². The second-order valence-electron chi connectivity index (χ2n) is 6.24. The number of dihydropyridines is 1. The number of rotatable bonds is 5. The topological polar surface area (TPSA) is 95.9 Å². The summed E-state index contributed by atoms with van der Waals surface area (Å²) >= 11 is 1.50. The number of fused-ring (bicyclic) bond motifs is 1. The van der Waals surface area contributed by atoms with Crippen LogP contribution in [0, 0.1) is 16.0 Å². The van der Waals surface area contributed by atoms with Gasteiger partial charge in [-0.1, -0.05) is 19.1 Å². The maximum absolute atomic E-state index is 12.8. The largest absolute Gasteiger partial charge is 0.445 e. The molecule has 0 aromatic heterocycles. The Labute approximate surface area is 160 Å². The van der Waals surface area contributed by atoms with E-state index in [0.717, 1.165) is 20.9 Å². The van der Waals surface area contributed by atoms with Crippen molar-refractivity contribution in [1.82, 2.24) is 4.90 Å². The van der Waals surface area contributed by atoms with Crippen molar-refractivity contribution in [3.63, 3.8) is 0 Å². The summed E-state index contributed by atoms with van der Waals surface area (Å²) in [6.45, 7) is 1.99. The van der Waals surface area contributed by atoms with Gasteiger partial charge in [0.25, 0.3) is 11.5 Å². The number of non-ortho nitro benzene ring substituents is 1. The van der Waals surface area contributed by atoms with Crippen LogP contribution in [-0.4, -0.2) is 52.5 Å². The van der Waals surface area contributed by atoms with Gasteiger partial charge in [-0.25, -0.2) is 4.79 Å². The Hall–Kier alpha value is -2.81. The fourth-order valence-corrected chi connectivity index (χ4v) is 4.29. The molecule has 0 spiro atoms. The number of imide groups is 1. The third-order valence-corrected chi connectivity index (χ3v) is 5.89. The highest BCUT2D eigenvalue weighted by atomic mass is 32.2. The van der Waals surface area contributed by atoms with E-state index in [1.807, 2.05) is 6.92 Å². The lowest BCUT2D eigenvalue weighted by molar-refractivity contribution is -0.407. The van der Waals surface area contributed by atoms with Crippen LogP contribution in [0.15, 0.2) is 39.7 Å². The molecule has 1 unspecified atom stereocenters. The first-order chi connectivity index (χ1) is 12.8. The Balaban J connectivity index is 1.91. The van der Waals surface area contributed by atoms with Gasteiger partial charge < -0.3 is 0 Å². The van der Waals surface area contributed by atoms with Gasteiger partial charge in [0.05, 0.1) is 19.0 Å². The van der Waals surface area contributed by atoms with Gasteiger partial charge in [0.15, 0.2) is 5.92 Å². The summed E-state index contributed by atoms with van der Waals surface area (Å²) in [7, 11) is 3.08. The van der Waals surface area contributed by atoms with Crippen LogP contribution in [0.2, 0.25) is 0 Å². The van der Waals surface area contributed by atoms with Crippen LogP contribution in [0.4, 0.5) is 10.5 Å². The van der Waals surface area contributed by atoms with Crippen LogP contribution >= 0.6 is 11.8 Å². The van der Waals surface area contributed by atoms with Crippen molar-refractivity contribution in [2.75, 3.05) is 14.1 Å². The molecule has 1 atom stereocenters. The molecule has 0 aliphatic carbocycles. The molecule has 27 heavy (non-hydrogen) atoms. The van der Waals surface area contributed by atoms with Crippen LogP contribution in [-0.2, 0) is 10.5 Å². The summed E-state index contributed by atoms with van der Waals surface area (Å²) in [4.78, 5) is 41.7. The van der Waals surface area contributed by atoms with Crippen molar-refractivity contribution >= 4 is 41.4 Å². The number of hydrogen-bond acceptors (Lipinski definition) is 6. The molecule has 1 aromatic carbocycles. The minimum Gasteiger partial charge on any atom is -0.258 e. The van der Waals surface area contributed by atoms with Gasteiger partial charge in [0.2, 0.25) is 0 Å².